The highest BCUT2D eigenvalue weighted by Crippen LogP contribution is 2.39. The largest absolute Gasteiger partial charge is 0.306 e. The molecular formula is C21H16Cl2N2OS. The lowest BCUT2D eigenvalue weighted by molar-refractivity contribution is 1.17. The van der Waals surface area contributed by atoms with E-state index in [0.717, 1.165) is 38.4 Å². The number of halogens is 2. The average Bonchev–Trinajstić information content (AvgIpc) is 3.03. The Bertz CT molecular complexity index is 1230. The Balaban J connectivity index is 2.00. The van der Waals surface area contributed by atoms with Crippen molar-refractivity contribution in [3.05, 3.63) is 73.3 Å². The summed E-state index contributed by atoms with van der Waals surface area (Å²) < 4.78 is 0. The lowest BCUT2D eigenvalue weighted by Gasteiger charge is -2.06. The molecule has 4 aromatic rings. The molecular weight excluding hydrogens is 399 g/mol. The predicted molar refractivity (Wildman–Crippen MR) is 115 cm³/mol. The lowest BCUT2D eigenvalue weighted by atomic mass is 10.0. The second-order valence-electron chi connectivity index (χ2n) is 6.29. The number of nitrogens with one attached hydrogen (secondary N) is 1. The Morgan fingerprint density at radius 3 is 2.59 bits per heavy atom. The molecule has 0 atom stereocenters. The molecule has 2 aromatic heterocycles. The number of aryl methyl sites for hydroxylation is 2. The molecule has 0 bridgehead atoms. The van der Waals surface area contributed by atoms with Gasteiger partial charge in [-0.15, -0.1) is 11.3 Å². The van der Waals surface area contributed by atoms with E-state index in [0.29, 0.717) is 21.3 Å². The standard InChI is InChI=1S/C21H16Cl2N2OS/c1-3-16-17(12-8-9-14(22)15(23)10-12)18-20(26)24-19(25-21(18)27-16)13-7-5-4-6-11(13)2/h4-10H,3H2,1-2H3,(H,24,25,26). The number of aromatic nitrogens is 2. The number of hydrogen-bond acceptors (Lipinski definition) is 3. The van der Waals surface area contributed by atoms with Crippen molar-refractivity contribution in [2.24, 2.45) is 0 Å². The summed E-state index contributed by atoms with van der Waals surface area (Å²) in [6.45, 7) is 4.08. The van der Waals surface area contributed by atoms with Gasteiger partial charge in [0, 0.05) is 16.0 Å². The second kappa shape index (κ2) is 7.12. The summed E-state index contributed by atoms with van der Waals surface area (Å²) in [4.78, 5) is 22.6. The minimum absolute atomic E-state index is 0.143. The van der Waals surface area contributed by atoms with Crippen LogP contribution in [0.4, 0.5) is 0 Å². The zero-order chi connectivity index (χ0) is 19.1. The maximum Gasteiger partial charge on any atom is 0.260 e. The Kier molecular flexibility index (Phi) is 4.81. The van der Waals surface area contributed by atoms with Crippen LogP contribution in [0.5, 0.6) is 0 Å². The minimum Gasteiger partial charge on any atom is -0.306 e. The first kappa shape index (κ1) is 18.2. The van der Waals surface area contributed by atoms with Gasteiger partial charge in [-0.3, -0.25) is 4.79 Å². The van der Waals surface area contributed by atoms with Gasteiger partial charge in [0.1, 0.15) is 10.7 Å². The van der Waals surface area contributed by atoms with Crippen molar-refractivity contribution in [2.75, 3.05) is 0 Å². The molecule has 4 rings (SSSR count). The van der Waals surface area contributed by atoms with Crippen molar-refractivity contribution in [1.29, 1.82) is 0 Å². The Hall–Kier alpha value is -2.14. The molecule has 0 aliphatic rings. The quantitative estimate of drug-likeness (QED) is 0.415. The molecule has 2 aromatic carbocycles. The molecule has 2 heterocycles. The van der Waals surface area contributed by atoms with Crippen molar-refractivity contribution in [1.82, 2.24) is 9.97 Å². The van der Waals surface area contributed by atoms with E-state index in [1.165, 1.54) is 0 Å². The van der Waals surface area contributed by atoms with Gasteiger partial charge >= 0.3 is 0 Å². The van der Waals surface area contributed by atoms with E-state index in [1.54, 1.807) is 23.5 Å². The maximum absolute atomic E-state index is 13.0. The molecule has 0 radical (unpaired) electrons. The molecule has 136 valence electrons. The molecule has 0 saturated carbocycles. The van der Waals surface area contributed by atoms with E-state index in [1.807, 2.05) is 37.3 Å². The third-order valence-corrected chi connectivity index (χ3v) is 6.53. The van der Waals surface area contributed by atoms with Gasteiger partial charge in [-0.05, 0) is 36.6 Å². The van der Waals surface area contributed by atoms with Crippen LogP contribution in [0.15, 0.2) is 47.3 Å². The molecule has 0 aliphatic carbocycles. The van der Waals surface area contributed by atoms with Gasteiger partial charge in [0.15, 0.2) is 0 Å². The number of aromatic amines is 1. The molecule has 3 nitrogen and oxygen atoms in total. The maximum atomic E-state index is 13.0. The fourth-order valence-corrected chi connectivity index (χ4v) is 4.66. The number of fused-ring (bicyclic) bond motifs is 1. The molecule has 0 amide bonds. The fourth-order valence-electron chi connectivity index (χ4n) is 3.23. The van der Waals surface area contributed by atoms with Gasteiger partial charge in [0.2, 0.25) is 0 Å². The van der Waals surface area contributed by atoms with Crippen LogP contribution >= 0.6 is 34.5 Å². The fraction of sp³-hybridized carbons (Fsp3) is 0.143. The van der Waals surface area contributed by atoms with Gasteiger partial charge in [-0.1, -0.05) is 60.5 Å². The van der Waals surface area contributed by atoms with E-state index in [4.69, 9.17) is 28.2 Å². The first-order valence-electron chi connectivity index (χ1n) is 8.56. The average molecular weight is 415 g/mol. The van der Waals surface area contributed by atoms with Crippen LogP contribution in [0.2, 0.25) is 10.0 Å². The number of rotatable bonds is 3. The topological polar surface area (TPSA) is 45.8 Å². The van der Waals surface area contributed by atoms with Gasteiger partial charge in [-0.25, -0.2) is 4.98 Å². The van der Waals surface area contributed by atoms with Gasteiger partial charge in [-0.2, -0.15) is 0 Å². The molecule has 27 heavy (non-hydrogen) atoms. The number of hydrogen-bond donors (Lipinski definition) is 1. The first-order chi connectivity index (χ1) is 13.0. The van der Waals surface area contributed by atoms with E-state index in [9.17, 15) is 4.79 Å². The Labute approximate surface area is 170 Å². The summed E-state index contributed by atoms with van der Waals surface area (Å²) in [5.74, 6) is 0.593. The van der Waals surface area contributed by atoms with Crippen LogP contribution in [0.3, 0.4) is 0 Å². The van der Waals surface area contributed by atoms with Crippen molar-refractivity contribution >= 4 is 44.8 Å². The van der Waals surface area contributed by atoms with E-state index >= 15 is 0 Å². The zero-order valence-electron chi connectivity index (χ0n) is 14.8. The first-order valence-corrected chi connectivity index (χ1v) is 10.1. The van der Waals surface area contributed by atoms with E-state index in [2.05, 4.69) is 11.9 Å². The van der Waals surface area contributed by atoms with Gasteiger partial charge < -0.3 is 4.98 Å². The highest BCUT2D eigenvalue weighted by molar-refractivity contribution is 7.19. The predicted octanol–water partition coefficient (Wildman–Crippen LogP) is 6.50. The van der Waals surface area contributed by atoms with E-state index in [-0.39, 0.29) is 5.56 Å². The Morgan fingerprint density at radius 2 is 1.89 bits per heavy atom. The number of nitrogens with zero attached hydrogens (tertiary/aromatic N) is 1. The molecule has 6 heteroatoms. The van der Waals surface area contributed by atoms with Crippen LogP contribution in [-0.2, 0) is 6.42 Å². The molecule has 0 aliphatic heterocycles. The van der Waals surface area contributed by atoms with Crippen LogP contribution in [0, 0.1) is 6.92 Å². The monoisotopic (exact) mass is 414 g/mol. The highest BCUT2D eigenvalue weighted by Gasteiger charge is 2.19. The molecule has 0 spiro atoms. The molecule has 0 fully saturated rings. The van der Waals surface area contributed by atoms with Crippen molar-refractivity contribution in [3.63, 3.8) is 0 Å². The van der Waals surface area contributed by atoms with Gasteiger partial charge in [0.05, 0.1) is 15.4 Å². The third kappa shape index (κ3) is 3.18. The summed E-state index contributed by atoms with van der Waals surface area (Å²) in [5, 5.41) is 1.57. The minimum atomic E-state index is -0.143. The Morgan fingerprint density at radius 1 is 1.11 bits per heavy atom. The van der Waals surface area contributed by atoms with Crippen molar-refractivity contribution < 1.29 is 0 Å². The summed E-state index contributed by atoms with van der Waals surface area (Å²) in [6.07, 6.45) is 0.801. The van der Waals surface area contributed by atoms with Crippen LogP contribution in [-0.4, -0.2) is 9.97 Å². The van der Waals surface area contributed by atoms with Crippen LogP contribution < -0.4 is 5.56 Å². The summed E-state index contributed by atoms with van der Waals surface area (Å²) in [5.41, 5.74) is 3.62. The molecule has 0 saturated heterocycles. The third-order valence-electron chi connectivity index (χ3n) is 4.56. The molecule has 0 unspecified atom stereocenters. The van der Waals surface area contributed by atoms with E-state index < -0.39 is 0 Å². The number of H-pyrrole nitrogens is 1. The lowest BCUT2D eigenvalue weighted by Crippen LogP contribution is -2.09. The summed E-state index contributed by atoms with van der Waals surface area (Å²) in [6, 6.07) is 13.3. The summed E-state index contributed by atoms with van der Waals surface area (Å²) in [7, 11) is 0. The van der Waals surface area contributed by atoms with Gasteiger partial charge in [0.25, 0.3) is 5.56 Å². The van der Waals surface area contributed by atoms with Crippen LogP contribution in [0.25, 0.3) is 32.7 Å². The number of thiophene rings is 1. The smallest absolute Gasteiger partial charge is 0.260 e. The van der Waals surface area contributed by atoms with Crippen molar-refractivity contribution in [3.8, 4) is 22.5 Å². The number of benzene rings is 2. The SMILES string of the molecule is CCc1sc2nc(-c3ccccc3C)[nH]c(=O)c2c1-c1ccc(Cl)c(Cl)c1. The van der Waals surface area contributed by atoms with Crippen LogP contribution in [0.1, 0.15) is 17.4 Å². The van der Waals surface area contributed by atoms with Crippen molar-refractivity contribution in [2.45, 2.75) is 20.3 Å². The zero-order valence-corrected chi connectivity index (χ0v) is 17.1. The summed E-state index contributed by atoms with van der Waals surface area (Å²) >= 11 is 13.8. The highest BCUT2D eigenvalue weighted by atomic mass is 35.5. The molecule has 1 N–H and O–H groups in total. The second-order valence-corrected chi connectivity index (χ2v) is 8.19. The normalized spacial score (nSPS) is 11.3.